The van der Waals surface area contributed by atoms with Gasteiger partial charge in [0.2, 0.25) is 15.9 Å². The lowest BCUT2D eigenvalue weighted by Gasteiger charge is -2.16. The molecule has 1 unspecified atom stereocenters. The second kappa shape index (κ2) is 9.72. The molecule has 11 heteroatoms. The summed E-state index contributed by atoms with van der Waals surface area (Å²) in [4.78, 5) is 13.3. The minimum atomic E-state index is -4.62. The summed E-state index contributed by atoms with van der Waals surface area (Å²) in [6, 6.07) is 3.54. The van der Waals surface area contributed by atoms with Crippen LogP contribution in [0.15, 0.2) is 29.2 Å². The van der Waals surface area contributed by atoms with E-state index in [9.17, 15) is 26.4 Å². The van der Waals surface area contributed by atoms with E-state index in [2.05, 4.69) is 4.72 Å². The molecule has 1 aromatic rings. The van der Waals surface area contributed by atoms with Gasteiger partial charge < -0.3 is 10.6 Å². The predicted molar refractivity (Wildman–Crippen MR) is 96.9 cm³/mol. The van der Waals surface area contributed by atoms with E-state index in [-0.39, 0.29) is 37.7 Å². The number of carbonyl (C=O) groups is 1. The maximum Gasteiger partial charge on any atom is 0.416 e. The SMILES string of the molecule is Cl.NCC1CCN(C(=O)CCCNS(=O)(=O)c2cccc(C(F)(F)F)c2)C1. The summed E-state index contributed by atoms with van der Waals surface area (Å²) in [7, 11) is -4.06. The number of hydrogen-bond acceptors (Lipinski definition) is 4. The monoisotopic (exact) mass is 429 g/mol. The van der Waals surface area contributed by atoms with Crippen LogP contribution in [0.3, 0.4) is 0 Å². The quantitative estimate of drug-likeness (QED) is 0.648. The van der Waals surface area contributed by atoms with E-state index in [0.717, 1.165) is 24.6 Å². The molecule has 0 spiro atoms. The summed E-state index contributed by atoms with van der Waals surface area (Å²) in [6.45, 7) is 1.76. The van der Waals surface area contributed by atoms with Gasteiger partial charge in [0.25, 0.3) is 0 Å². The van der Waals surface area contributed by atoms with Gasteiger partial charge in [-0.25, -0.2) is 13.1 Å². The van der Waals surface area contributed by atoms with Crippen LogP contribution in [0.25, 0.3) is 0 Å². The van der Waals surface area contributed by atoms with Crippen LogP contribution < -0.4 is 10.5 Å². The summed E-state index contributed by atoms with van der Waals surface area (Å²) in [5, 5.41) is 0. The third-order valence-corrected chi connectivity index (χ3v) is 5.76. The van der Waals surface area contributed by atoms with Gasteiger partial charge in [-0.1, -0.05) is 6.07 Å². The first kappa shape index (κ1) is 23.7. The average molecular weight is 430 g/mol. The van der Waals surface area contributed by atoms with E-state index in [1.54, 1.807) is 4.90 Å². The largest absolute Gasteiger partial charge is 0.416 e. The highest BCUT2D eigenvalue weighted by Crippen LogP contribution is 2.30. The first-order chi connectivity index (χ1) is 12.1. The fourth-order valence-electron chi connectivity index (χ4n) is 2.78. The van der Waals surface area contributed by atoms with Gasteiger partial charge in [0.05, 0.1) is 10.5 Å². The zero-order valence-electron chi connectivity index (χ0n) is 14.5. The minimum Gasteiger partial charge on any atom is -0.342 e. The summed E-state index contributed by atoms with van der Waals surface area (Å²) in [5.41, 5.74) is 4.54. The maximum absolute atomic E-state index is 12.7. The number of carbonyl (C=O) groups excluding carboxylic acids is 1. The Hall–Kier alpha value is -1.36. The van der Waals surface area contributed by atoms with Crippen molar-refractivity contribution in [3.8, 4) is 0 Å². The number of hydrogen-bond donors (Lipinski definition) is 2. The summed E-state index contributed by atoms with van der Waals surface area (Å²) in [5.74, 6) is 0.234. The number of halogens is 4. The number of nitrogens with two attached hydrogens (primary N) is 1. The van der Waals surface area contributed by atoms with Crippen molar-refractivity contribution in [1.82, 2.24) is 9.62 Å². The highest BCUT2D eigenvalue weighted by atomic mass is 35.5. The molecule has 0 bridgehead atoms. The van der Waals surface area contributed by atoms with Crippen molar-refractivity contribution in [1.29, 1.82) is 0 Å². The van der Waals surface area contributed by atoms with Gasteiger partial charge in [0, 0.05) is 26.1 Å². The van der Waals surface area contributed by atoms with Gasteiger partial charge in [-0.05, 0) is 43.5 Å². The van der Waals surface area contributed by atoms with Gasteiger partial charge in [0.1, 0.15) is 0 Å². The van der Waals surface area contributed by atoms with E-state index >= 15 is 0 Å². The molecule has 27 heavy (non-hydrogen) atoms. The average Bonchev–Trinajstić information content (AvgIpc) is 3.07. The normalized spacial score (nSPS) is 17.6. The Balaban J connectivity index is 0.00000364. The van der Waals surface area contributed by atoms with Gasteiger partial charge in [-0.2, -0.15) is 13.2 Å². The minimum absolute atomic E-state index is 0. The lowest BCUT2D eigenvalue weighted by molar-refractivity contribution is -0.137. The Bertz CT molecular complexity index is 744. The molecule has 0 aliphatic carbocycles. The molecule has 6 nitrogen and oxygen atoms in total. The molecule has 0 saturated carbocycles. The zero-order valence-corrected chi connectivity index (χ0v) is 16.2. The number of rotatable bonds is 7. The van der Waals surface area contributed by atoms with Crippen molar-refractivity contribution in [3.63, 3.8) is 0 Å². The smallest absolute Gasteiger partial charge is 0.342 e. The molecule has 1 saturated heterocycles. The topological polar surface area (TPSA) is 92.5 Å². The second-order valence-corrected chi connectivity index (χ2v) is 8.02. The molecule has 3 N–H and O–H groups in total. The molecule has 1 amide bonds. The Morgan fingerprint density at radius 3 is 2.63 bits per heavy atom. The second-order valence-electron chi connectivity index (χ2n) is 6.26. The number of nitrogens with zero attached hydrogens (tertiary/aromatic N) is 1. The molecule has 0 radical (unpaired) electrons. The van der Waals surface area contributed by atoms with Crippen LogP contribution in [-0.2, 0) is 21.0 Å². The van der Waals surface area contributed by atoms with Gasteiger partial charge in [-0.3, -0.25) is 4.79 Å². The van der Waals surface area contributed by atoms with Crippen LogP contribution in [0.5, 0.6) is 0 Å². The van der Waals surface area contributed by atoms with Crippen molar-refractivity contribution >= 4 is 28.3 Å². The molecular formula is C16H23ClF3N3O3S. The van der Waals surface area contributed by atoms with E-state index in [0.29, 0.717) is 31.6 Å². The molecule has 1 aliphatic heterocycles. The molecule has 2 rings (SSSR count). The lowest BCUT2D eigenvalue weighted by atomic mass is 10.1. The molecule has 1 atom stereocenters. The zero-order chi connectivity index (χ0) is 19.4. The van der Waals surface area contributed by atoms with Crippen LogP contribution in [0.2, 0.25) is 0 Å². The molecule has 1 aromatic carbocycles. The van der Waals surface area contributed by atoms with Crippen LogP contribution in [0, 0.1) is 5.92 Å². The van der Waals surface area contributed by atoms with Gasteiger partial charge >= 0.3 is 6.18 Å². The van der Waals surface area contributed by atoms with Crippen molar-refractivity contribution in [3.05, 3.63) is 29.8 Å². The van der Waals surface area contributed by atoms with Crippen molar-refractivity contribution in [2.24, 2.45) is 11.7 Å². The number of nitrogens with one attached hydrogen (secondary N) is 1. The van der Waals surface area contributed by atoms with E-state index < -0.39 is 26.7 Å². The van der Waals surface area contributed by atoms with Gasteiger partial charge in [-0.15, -0.1) is 12.4 Å². The van der Waals surface area contributed by atoms with Crippen LogP contribution >= 0.6 is 12.4 Å². The number of amides is 1. The summed E-state index contributed by atoms with van der Waals surface area (Å²) in [6.07, 6.45) is -3.32. The highest BCUT2D eigenvalue weighted by molar-refractivity contribution is 7.89. The lowest BCUT2D eigenvalue weighted by Crippen LogP contribution is -2.31. The van der Waals surface area contributed by atoms with Crippen LogP contribution in [0.1, 0.15) is 24.8 Å². The van der Waals surface area contributed by atoms with E-state index in [1.807, 2.05) is 0 Å². The van der Waals surface area contributed by atoms with Crippen LogP contribution in [-0.4, -0.2) is 45.4 Å². The third-order valence-electron chi connectivity index (χ3n) is 4.30. The van der Waals surface area contributed by atoms with E-state index in [1.165, 1.54) is 0 Å². The highest BCUT2D eigenvalue weighted by Gasteiger charge is 2.31. The Kier molecular flexibility index (Phi) is 8.52. The summed E-state index contributed by atoms with van der Waals surface area (Å²) >= 11 is 0. The van der Waals surface area contributed by atoms with Crippen LogP contribution in [0.4, 0.5) is 13.2 Å². The fraction of sp³-hybridized carbons (Fsp3) is 0.562. The molecule has 1 fully saturated rings. The Labute approximate surface area is 162 Å². The van der Waals surface area contributed by atoms with Gasteiger partial charge in [0.15, 0.2) is 0 Å². The molecular weight excluding hydrogens is 407 g/mol. The molecule has 1 heterocycles. The van der Waals surface area contributed by atoms with Crippen molar-refractivity contribution in [2.75, 3.05) is 26.2 Å². The number of alkyl halides is 3. The van der Waals surface area contributed by atoms with Crippen molar-refractivity contribution in [2.45, 2.75) is 30.3 Å². The third kappa shape index (κ3) is 6.63. The number of likely N-dealkylation sites (tertiary alicyclic amines) is 1. The van der Waals surface area contributed by atoms with Crippen molar-refractivity contribution < 1.29 is 26.4 Å². The standard InChI is InChI=1S/C16H22F3N3O3S.ClH/c17-16(18,19)13-3-1-4-14(9-13)26(24,25)21-7-2-5-15(23)22-8-6-12(10-20)11-22;/h1,3-4,9,12,21H,2,5-8,10-11,20H2;1H. The fourth-order valence-corrected chi connectivity index (χ4v) is 3.90. The first-order valence-corrected chi connectivity index (χ1v) is 9.76. The number of benzene rings is 1. The van der Waals surface area contributed by atoms with E-state index in [4.69, 9.17) is 5.73 Å². The number of sulfonamides is 1. The predicted octanol–water partition coefficient (Wildman–Crippen LogP) is 1.99. The Morgan fingerprint density at radius 2 is 2.04 bits per heavy atom. The first-order valence-electron chi connectivity index (χ1n) is 8.28. The molecule has 154 valence electrons. The molecule has 1 aliphatic rings. The summed E-state index contributed by atoms with van der Waals surface area (Å²) < 4.78 is 64.5. The maximum atomic E-state index is 12.7. The molecule has 0 aromatic heterocycles. The Morgan fingerprint density at radius 1 is 1.33 bits per heavy atom.